The number of halogens is 4. The molecule has 18 heavy (non-hydrogen) atoms. The first-order valence-corrected chi connectivity index (χ1v) is 6.64. The summed E-state index contributed by atoms with van der Waals surface area (Å²) in [5, 5.41) is -0.613. The van der Waals surface area contributed by atoms with Crippen LogP contribution < -0.4 is 0 Å². The first-order valence-electron chi connectivity index (χ1n) is 5.41. The molecule has 0 bridgehead atoms. The van der Waals surface area contributed by atoms with Crippen LogP contribution in [0.5, 0.6) is 0 Å². The van der Waals surface area contributed by atoms with E-state index in [1.165, 1.54) is 12.1 Å². The molecule has 0 saturated carbocycles. The Kier molecular flexibility index (Phi) is 4.36. The summed E-state index contributed by atoms with van der Waals surface area (Å²) in [7, 11) is 0. The first kappa shape index (κ1) is 13.5. The third kappa shape index (κ3) is 2.90. The molecule has 0 N–H and O–H groups in total. The van der Waals surface area contributed by atoms with Crippen molar-refractivity contribution in [2.75, 3.05) is 0 Å². The van der Waals surface area contributed by atoms with Gasteiger partial charge in [0.15, 0.2) is 0 Å². The molecule has 2 rings (SSSR count). The summed E-state index contributed by atoms with van der Waals surface area (Å²) < 4.78 is 27.8. The maximum Gasteiger partial charge on any atom is 0.129 e. The van der Waals surface area contributed by atoms with E-state index in [0.29, 0.717) is 15.6 Å². The van der Waals surface area contributed by atoms with Gasteiger partial charge >= 0.3 is 0 Å². The second-order valence-corrected chi connectivity index (χ2v) is 5.28. The van der Waals surface area contributed by atoms with Crippen LogP contribution in [0.15, 0.2) is 46.9 Å². The van der Waals surface area contributed by atoms with Crippen molar-refractivity contribution in [1.82, 2.24) is 0 Å². The van der Waals surface area contributed by atoms with E-state index in [9.17, 15) is 8.78 Å². The van der Waals surface area contributed by atoms with Crippen molar-refractivity contribution in [2.24, 2.45) is 0 Å². The van der Waals surface area contributed by atoms with E-state index in [2.05, 4.69) is 15.9 Å². The topological polar surface area (TPSA) is 0 Å². The fourth-order valence-electron chi connectivity index (χ4n) is 1.77. The van der Waals surface area contributed by atoms with Crippen molar-refractivity contribution < 1.29 is 8.78 Å². The SMILES string of the molecule is Fc1ccccc1CC(Cl)c1c(F)cccc1Br. The molecule has 0 radical (unpaired) electrons. The monoisotopic (exact) mass is 330 g/mol. The number of hydrogen-bond acceptors (Lipinski definition) is 0. The molecule has 0 heterocycles. The van der Waals surface area contributed by atoms with Gasteiger partial charge in [-0.25, -0.2) is 8.78 Å². The highest BCUT2D eigenvalue weighted by atomic mass is 79.9. The Morgan fingerprint density at radius 1 is 1.00 bits per heavy atom. The van der Waals surface area contributed by atoms with Gasteiger partial charge in [-0.05, 0) is 30.2 Å². The fraction of sp³-hybridized carbons (Fsp3) is 0.143. The van der Waals surface area contributed by atoms with E-state index in [1.807, 2.05) is 0 Å². The van der Waals surface area contributed by atoms with Crippen LogP contribution >= 0.6 is 27.5 Å². The average Bonchev–Trinajstić information content (AvgIpc) is 2.32. The molecule has 2 aromatic carbocycles. The first-order chi connectivity index (χ1) is 8.59. The maximum absolute atomic E-state index is 13.7. The van der Waals surface area contributed by atoms with E-state index < -0.39 is 5.38 Å². The van der Waals surface area contributed by atoms with Crippen molar-refractivity contribution in [3.63, 3.8) is 0 Å². The number of hydrogen-bond donors (Lipinski definition) is 0. The molecule has 0 aliphatic carbocycles. The standard InChI is InChI=1S/C14H10BrClF2/c15-10-5-3-7-13(18)14(10)11(16)8-9-4-1-2-6-12(9)17/h1-7,11H,8H2. The van der Waals surface area contributed by atoms with Gasteiger partial charge in [0.05, 0.1) is 5.38 Å². The van der Waals surface area contributed by atoms with Crippen LogP contribution in [0.3, 0.4) is 0 Å². The van der Waals surface area contributed by atoms with E-state index in [1.54, 1.807) is 30.3 Å². The highest BCUT2D eigenvalue weighted by Crippen LogP contribution is 2.33. The van der Waals surface area contributed by atoms with Gasteiger partial charge in [0.25, 0.3) is 0 Å². The molecule has 94 valence electrons. The molecule has 2 aromatic rings. The Labute approximate surface area is 118 Å². The zero-order chi connectivity index (χ0) is 13.1. The molecule has 0 aliphatic heterocycles. The number of alkyl halides is 1. The fourth-order valence-corrected chi connectivity index (χ4v) is 2.91. The highest BCUT2D eigenvalue weighted by molar-refractivity contribution is 9.10. The number of benzene rings is 2. The van der Waals surface area contributed by atoms with E-state index in [0.717, 1.165) is 0 Å². The Morgan fingerprint density at radius 2 is 1.67 bits per heavy atom. The highest BCUT2D eigenvalue weighted by Gasteiger charge is 2.18. The van der Waals surface area contributed by atoms with Crippen LogP contribution in [0.25, 0.3) is 0 Å². The lowest BCUT2D eigenvalue weighted by Crippen LogP contribution is -2.02. The summed E-state index contributed by atoms with van der Waals surface area (Å²) in [5.74, 6) is -0.712. The predicted molar refractivity (Wildman–Crippen MR) is 72.8 cm³/mol. The van der Waals surface area contributed by atoms with Crippen molar-refractivity contribution in [3.8, 4) is 0 Å². The molecule has 0 amide bonds. The van der Waals surface area contributed by atoms with Gasteiger partial charge < -0.3 is 0 Å². The molecular weight excluding hydrogens is 322 g/mol. The van der Waals surface area contributed by atoms with Gasteiger partial charge in [-0.15, -0.1) is 11.6 Å². The predicted octanol–water partition coefficient (Wildman–Crippen LogP) is 5.25. The van der Waals surface area contributed by atoms with Gasteiger partial charge in [0.2, 0.25) is 0 Å². The van der Waals surface area contributed by atoms with Crippen LogP contribution in [0.4, 0.5) is 8.78 Å². The van der Waals surface area contributed by atoms with Gasteiger partial charge in [-0.2, -0.15) is 0 Å². The van der Waals surface area contributed by atoms with E-state index >= 15 is 0 Å². The Bertz CT molecular complexity index is 537. The third-order valence-corrected chi connectivity index (χ3v) is 3.73. The molecule has 4 heteroatoms. The zero-order valence-corrected chi connectivity index (χ0v) is 11.7. The Hall–Kier alpha value is -0.930. The second-order valence-electron chi connectivity index (χ2n) is 3.90. The van der Waals surface area contributed by atoms with Crippen LogP contribution in [-0.4, -0.2) is 0 Å². The molecule has 0 fully saturated rings. The van der Waals surface area contributed by atoms with E-state index in [-0.39, 0.29) is 18.1 Å². The molecule has 0 nitrogen and oxygen atoms in total. The molecule has 0 spiro atoms. The largest absolute Gasteiger partial charge is 0.207 e. The van der Waals surface area contributed by atoms with Crippen LogP contribution in [0, 0.1) is 11.6 Å². The normalized spacial score (nSPS) is 12.4. The summed E-state index contributed by atoms with van der Waals surface area (Å²) in [6.07, 6.45) is 0.244. The van der Waals surface area contributed by atoms with Crippen molar-refractivity contribution >= 4 is 27.5 Å². The van der Waals surface area contributed by atoms with Crippen LogP contribution in [0.2, 0.25) is 0 Å². The minimum atomic E-state index is -0.613. The molecule has 1 atom stereocenters. The lowest BCUT2D eigenvalue weighted by molar-refractivity contribution is 0.590. The van der Waals surface area contributed by atoms with Crippen LogP contribution in [0.1, 0.15) is 16.5 Å². The second kappa shape index (κ2) is 5.81. The molecule has 0 aromatic heterocycles. The molecular formula is C14H10BrClF2. The number of rotatable bonds is 3. The summed E-state index contributed by atoms with van der Waals surface area (Å²) in [6.45, 7) is 0. The van der Waals surface area contributed by atoms with Crippen LogP contribution in [-0.2, 0) is 6.42 Å². The van der Waals surface area contributed by atoms with Gasteiger partial charge in [0, 0.05) is 10.0 Å². The summed E-state index contributed by atoms with van der Waals surface area (Å²) in [4.78, 5) is 0. The average molecular weight is 332 g/mol. The van der Waals surface area contributed by atoms with Crippen molar-refractivity contribution in [2.45, 2.75) is 11.8 Å². The lowest BCUT2D eigenvalue weighted by atomic mass is 10.0. The van der Waals surface area contributed by atoms with Crippen molar-refractivity contribution in [3.05, 3.63) is 69.7 Å². The molecule has 1 unspecified atom stereocenters. The summed E-state index contributed by atoms with van der Waals surface area (Å²) >= 11 is 9.45. The Morgan fingerprint density at radius 3 is 2.33 bits per heavy atom. The lowest BCUT2D eigenvalue weighted by Gasteiger charge is -2.13. The third-order valence-electron chi connectivity index (χ3n) is 2.67. The molecule has 0 saturated heterocycles. The Balaban J connectivity index is 2.28. The van der Waals surface area contributed by atoms with Crippen molar-refractivity contribution in [1.29, 1.82) is 0 Å². The summed E-state index contributed by atoms with van der Waals surface area (Å²) in [6, 6.07) is 11.0. The molecule has 0 aliphatic rings. The minimum absolute atomic E-state index is 0.244. The van der Waals surface area contributed by atoms with E-state index in [4.69, 9.17) is 11.6 Å². The summed E-state index contributed by atoms with van der Waals surface area (Å²) in [5.41, 5.74) is 0.843. The zero-order valence-electron chi connectivity index (χ0n) is 9.34. The minimum Gasteiger partial charge on any atom is -0.207 e. The smallest absolute Gasteiger partial charge is 0.129 e. The maximum atomic E-state index is 13.7. The van der Waals surface area contributed by atoms with Gasteiger partial charge in [-0.3, -0.25) is 0 Å². The quantitative estimate of drug-likeness (QED) is 0.674. The van der Waals surface area contributed by atoms with Gasteiger partial charge in [0.1, 0.15) is 11.6 Å². The van der Waals surface area contributed by atoms with Gasteiger partial charge in [-0.1, -0.05) is 40.2 Å².